The molecule has 9 heteroatoms. The van der Waals surface area contributed by atoms with E-state index in [1.165, 1.54) is 32.1 Å². The van der Waals surface area contributed by atoms with Crippen molar-refractivity contribution in [3.05, 3.63) is 36.4 Å². The van der Waals surface area contributed by atoms with Crippen molar-refractivity contribution in [1.82, 2.24) is 4.90 Å². The predicted molar refractivity (Wildman–Crippen MR) is 164 cm³/mol. The number of benzene rings is 2. The fraction of sp³-hybridized carbons (Fsp3) is 0.594. The molecule has 2 N–H and O–H groups in total. The topological polar surface area (TPSA) is 92.7 Å². The van der Waals surface area contributed by atoms with Crippen LogP contribution in [0.1, 0.15) is 58.3 Å². The number of hydrogen-bond acceptors (Lipinski definition) is 8. The number of carbonyl (C=O) groups excluding carboxylic acids is 1. The third kappa shape index (κ3) is 10.3. The summed E-state index contributed by atoms with van der Waals surface area (Å²) in [6.45, 7) is 6.12. The summed E-state index contributed by atoms with van der Waals surface area (Å²) in [6.07, 6.45) is 8.28. The van der Waals surface area contributed by atoms with Crippen LogP contribution in [0, 0.1) is 0 Å². The molecule has 228 valence electrons. The van der Waals surface area contributed by atoms with Crippen LogP contribution in [0.25, 0.3) is 0 Å². The van der Waals surface area contributed by atoms with E-state index in [9.17, 15) is 9.90 Å². The Morgan fingerprint density at radius 2 is 1.54 bits per heavy atom. The first-order chi connectivity index (χ1) is 20.0. The van der Waals surface area contributed by atoms with Crippen LogP contribution in [0.3, 0.4) is 0 Å². The van der Waals surface area contributed by atoms with E-state index < -0.39 is 6.10 Å². The third-order valence-electron chi connectivity index (χ3n) is 7.45. The number of anilines is 2. The van der Waals surface area contributed by atoms with E-state index in [1.54, 1.807) is 33.5 Å². The maximum atomic E-state index is 12.6. The molecule has 1 heterocycles. The Balaban J connectivity index is 1.43. The van der Waals surface area contributed by atoms with Crippen molar-refractivity contribution in [3.63, 3.8) is 0 Å². The van der Waals surface area contributed by atoms with Crippen molar-refractivity contribution in [2.24, 2.45) is 0 Å². The lowest BCUT2D eigenvalue weighted by Gasteiger charge is -2.37. The van der Waals surface area contributed by atoms with Crippen LogP contribution >= 0.6 is 0 Å². The monoisotopic (exact) mass is 571 g/mol. The van der Waals surface area contributed by atoms with Crippen molar-refractivity contribution < 1.29 is 28.8 Å². The lowest BCUT2D eigenvalue weighted by Crippen LogP contribution is -2.49. The third-order valence-corrected chi connectivity index (χ3v) is 7.45. The first kappa shape index (κ1) is 32.3. The molecule has 3 rings (SSSR count). The zero-order valence-electron chi connectivity index (χ0n) is 25.3. The van der Waals surface area contributed by atoms with Gasteiger partial charge in [-0.2, -0.15) is 0 Å². The quantitative estimate of drug-likeness (QED) is 0.231. The van der Waals surface area contributed by atoms with Crippen molar-refractivity contribution in [3.8, 4) is 23.0 Å². The van der Waals surface area contributed by atoms with Gasteiger partial charge in [0.2, 0.25) is 11.7 Å². The molecule has 0 saturated carbocycles. The van der Waals surface area contributed by atoms with E-state index in [-0.39, 0.29) is 12.5 Å². The zero-order chi connectivity index (χ0) is 29.5. The zero-order valence-corrected chi connectivity index (χ0v) is 25.3. The molecule has 1 atom stereocenters. The van der Waals surface area contributed by atoms with Crippen molar-refractivity contribution in [2.75, 3.05) is 70.9 Å². The van der Waals surface area contributed by atoms with Gasteiger partial charge >= 0.3 is 0 Å². The Bertz CT molecular complexity index is 1030. The minimum absolute atomic E-state index is 0.0832. The first-order valence-corrected chi connectivity index (χ1v) is 15.0. The summed E-state index contributed by atoms with van der Waals surface area (Å²) in [4.78, 5) is 17.2. The number of carbonyl (C=O) groups is 1. The van der Waals surface area contributed by atoms with Crippen molar-refractivity contribution >= 4 is 17.3 Å². The molecule has 9 nitrogen and oxygen atoms in total. The fourth-order valence-corrected chi connectivity index (χ4v) is 5.17. The summed E-state index contributed by atoms with van der Waals surface area (Å²) in [7, 11) is 4.66. The second kappa shape index (κ2) is 17.6. The van der Waals surface area contributed by atoms with Gasteiger partial charge in [-0.1, -0.05) is 57.6 Å². The number of rotatable bonds is 18. The number of hydrogen-bond donors (Lipinski definition) is 2. The van der Waals surface area contributed by atoms with E-state index >= 15 is 0 Å². The molecule has 0 bridgehead atoms. The van der Waals surface area contributed by atoms with Gasteiger partial charge in [0.25, 0.3) is 0 Å². The first-order valence-electron chi connectivity index (χ1n) is 15.0. The summed E-state index contributed by atoms with van der Waals surface area (Å²) in [5.74, 6) is 2.12. The van der Waals surface area contributed by atoms with Gasteiger partial charge < -0.3 is 34.3 Å². The second-order valence-electron chi connectivity index (χ2n) is 10.6. The molecule has 1 unspecified atom stereocenters. The van der Waals surface area contributed by atoms with Crippen molar-refractivity contribution in [1.29, 1.82) is 0 Å². The highest BCUT2D eigenvalue weighted by Crippen LogP contribution is 2.40. The van der Waals surface area contributed by atoms with Crippen molar-refractivity contribution in [2.45, 2.75) is 64.4 Å². The van der Waals surface area contributed by atoms with Gasteiger partial charge in [0.1, 0.15) is 18.5 Å². The maximum absolute atomic E-state index is 12.6. The Morgan fingerprint density at radius 1 is 0.902 bits per heavy atom. The van der Waals surface area contributed by atoms with Crippen LogP contribution in [-0.2, 0) is 4.79 Å². The predicted octanol–water partition coefficient (Wildman–Crippen LogP) is 5.35. The fourth-order valence-electron chi connectivity index (χ4n) is 5.17. The van der Waals surface area contributed by atoms with Crippen LogP contribution in [0.5, 0.6) is 23.0 Å². The molecule has 2 aromatic carbocycles. The maximum Gasteiger partial charge on any atom is 0.224 e. The molecule has 0 aliphatic carbocycles. The highest BCUT2D eigenvalue weighted by molar-refractivity contribution is 5.94. The number of aliphatic hydroxyl groups excluding tert-OH is 1. The number of piperazine rings is 1. The lowest BCUT2D eigenvalue weighted by atomic mass is 10.1. The van der Waals surface area contributed by atoms with Gasteiger partial charge in [0, 0.05) is 51.3 Å². The molecule has 2 aromatic rings. The van der Waals surface area contributed by atoms with Gasteiger partial charge in [0.15, 0.2) is 11.5 Å². The molecule has 41 heavy (non-hydrogen) atoms. The summed E-state index contributed by atoms with van der Waals surface area (Å²) in [6, 6.07) is 11.5. The smallest absolute Gasteiger partial charge is 0.224 e. The van der Waals surface area contributed by atoms with Gasteiger partial charge in [-0.25, -0.2) is 0 Å². The van der Waals surface area contributed by atoms with Crippen LogP contribution in [0.15, 0.2) is 36.4 Å². The molecule has 0 radical (unpaired) electrons. The number of β-amino-alcohol motifs (C(OH)–C–C–N with tert-alkyl or cyclic N) is 1. The molecule has 1 amide bonds. The van der Waals surface area contributed by atoms with E-state index in [0.29, 0.717) is 36.0 Å². The molecule has 1 saturated heterocycles. The summed E-state index contributed by atoms with van der Waals surface area (Å²) in [5.41, 5.74) is 1.92. The van der Waals surface area contributed by atoms with Gasteiger partial charge in [0.05, 0.1) is 32.7 Å². The standard InChI is InChI=1S/C32H49N3O6/c1-5-6-7-8-9-10-11-16-31(37)33-27-14-12-13-15-28(27)35-19-17-34(18-20-35)23-25(36)24-41-26-21-29(38-2)32(40-4)30(22-26)39-3/h12-15,21-22,25,36H,5-11,16-20,23-24H2,1-4H3,(H,33,37). The molecular formula is C32H49N3O6. The molecule has 0 aromatic heterocycles. The average molecular weight is 572 g/mol. The summed E-state index contributed by atoms with van der Waals surface area (Å²) < 4.78 is 22.0. The van der Waals surface area contributed by atoms with Crippen LogP contribution in [-0.4, -0.2) is 82.7 Å². The number of unbranched alkanes of at least 4 members (excludes halogenated alkanes) is 6. The number of ether oxygens (including phenoxy) is 4. The Labute approximate surface area is 245 Å². The highest BCUT2D eigenvalue weighted by atomic mass is 16.5. The lowest BCUT2D eigenvalue weighted by molar-refractivity contribution is -0.116. The molecule has 1 aliphatic heterocycles. The second-order valence-corrected chi connectivity index (χ2v) is 10.6. The van der Waals surface area contributed by atoms with Crippen LogP contribution in [0.2, 0.25) is 0 Å². The Hall–Kier alpha value is -3.17. The summed E-state index contributed by atoms with van der Waals surface area (Å²) in [5, 5.41) is 13.8. The number of nitrogens with zero attached hydrogens (tertiary/aromatic N) is 2. The SMILES string of the molecule is CCCCCCCCCC(=O)Nc1ccccc1N1CCN(CC(O)COc2cc(OC)c(OC)c(OC)c2)CC1. The normalized spacial score (nSPS) is 14.4. The highest BCUT2D eigenvalue weighted by Gasteiger charge is 2.22. The van der Waals surface area contributed by atoms with Gasteiger partial charge in [-0.15, -0.1) is 0 Å². The van der Waals surface area contributed by atoms with Gasteiger partial charge in [-0.3, -0.25) is 9.69 Å². The van der Waals surface area contributed by atoms with E-state index in [2.05, 4.69) is 28.1 Å². The number of aliphatic hydroxyl groups is 1. The Kier molecular flexibility index (Phi) is 13.9. The number of para-hydroxylation sites is 2. The van der Waals surface area contributed by atoms with Crippen LogP contribution < -0.4 is 29.2 Å². The van der Waals surface area contributed by atoms with E-state index in [4.69, 9.17) is 18.9 Å². The van der Waals surface area contributed by atoms with E-state index in [1.807, 2.05) is 18.2 Å². The molecule has 1 fully saturated rings. The molecular weight excluding hydrogens is 522 g/mol. The largest absolute Gasteiger partial charge is 0.493 e. The molecule has 1 aliphatic rings. The van der Waals surface area contributed by atoms with E-state index in [0.717, 1.165) is 50.4 Å². The molecule has 0 spiro atoms. The minimum Gasteiger partial charge on any atom is -0.493 e. The Morgan fingerprint density at radius 3 is 2.17 bits per heavy atom. The minimum atomic E-state index is -0.654. The average Bonchev–Trinajstić information content (AvgIpc) is 2.99. The van der Waals surface area contributed by atoms with Crippen LogP contribution in [0.4, 0.5) is 11.4 Å². The number of nitrogens with one attached hydrogen (secondary N) is 1. The van der Waals surface area contributed by atoms with Gasteiger partial charge in [-0.05, 0) is 18.6 Å². The summed E-state index contributed by atoms with van der Waals surface area (Å²) >= 11 is 0. The number of methoxy groups -OCH3 is 3. The number of amides is 1.